The first-order valence-corrected chi connectivity index (χ1v) is 5.73. The van der Waals surface area contributed by atoms with Crippen LogP contribution in [0.25, 0.3) is 0 Å². The fraction of sp³-hybridized carbons (Fsp3) is 0.0833. The lowest BCUT2D eigenvalue weighted by Gasteiger charge is -2.04. The highest BCUT2D eigenvalue weighted by Crippen LogP contribution is 2.07. The van der Waals surface area contributed by atoms with Crippen LogP contribution in [0.1, 0.15) is 11.1 Å². The Hall–Kier alpha value is -2.21. The van der Waals surface area contributed by atoms with E-state index in [-0.39, 0.29) is 5.91 Å². The minimum absolute atomic E-state index is 0.0977. The Balaban J connectivity index is 1.97. The Labute approximate surface area is 109 Å². The van der Waals surface area contributed by atoms with E-state index in [0.717, 1.165) is 11.1 Å². The molecule has 0 aliphatic heterocycles. The number of nitrogens with one attached hydrogen (secondary N) is 2. The van der Waals surface area contributed by atoms with Crippen LogP contribution in [-0.2, 0) is 11.2 Å². The fourth-order valence-electron chi connectivity index (χ4n) is 1.50. The summed E-state index contributed by atoms with van der Waals surface area (Å²) in [4.78, 5) is 12.0. The van der Waals surface area contributed by atoms with E-state index in [2.05, 4.69) is 15.5 Å². The van der Waals surface area contributed by atoms with Gasteiger partial charge in [-0.15, -0.1) is 0 Å². The Morgan fingerprint density at radius 1 is 1.39 bits per heavy atom. The highest BCUT2D eigenvalue weighted by atomic mass is 32.1. The number of amides is 1. The van der Waals surface area contributed by atoms with Gasteiger partial charge in [0, 0.05) is 11.8 Å². The van der Waals surface area contributed by atoms with Crippen molar-refractivity contribution in [1.29, 1.82) is 0 Å². The van der Waals surface area contributed by atoms with Crippen molar-refractivity contribution in [2.75, 3.05) is 5.32 Å². The third kappa shape index (κ3) is 3.14. The molecule has 0 saturated carbocycles. The summed E-state index contributed by atoms with van der Waals surface area (Å²) in [5.41, 5.74) is 7.84. The van der Waals surface area contributed by atoms with E-state index >= 15 is 0 Å². The number of hydrogen-bond acceptors (Lipinski definition) is 3. The molecule has 4 N–H and O–H groups in total. The van der Waals surface area contributed by atoms with Gasteiger partial charge in [0.1, 0.15) is 4.99 Å². The quantitative estimate of drug-likeness (QED) is 0.722. The number of benzene rings is 1. The molecule has 2 rings (SSSR count). The van der Waals surface area contributed by atoms with E-state index in [4.69, 9.17) is 18.0 Å². The zero-order valence-corrected chi connectivity index (χ0v) is 10.3. The highest BCUT2D eigenvalue weighted by molar-refractivity contribution is 7.80. The van der Waals surface area contributed by atoms with Gasteiger partial charge in [-0.1, -0.05) is 36.5 Å². The Bertz CT molecular complexity index is 548. The third-order valence-electron chi connectivity index (χ3n) is 2.39. The Morgan fingerprint density at radius 2 is 2.11 bits per heavy atom. The van der Waals surface area contributed by atoms with Crippen molar-refractivity contribution in [1.82, 2.24) is 10.2 Å². The average molecular weight is 260 g/mol. The van der Waals surface area contributed by atoms with E-state index in [9.17, 15) is 4.79 Å². The number of rotatable bonds is 4. The standard InChI is InChI=1S/C12H12N4OS/c13-12(18)9-3-1-8(2-4-9)5-11(17)16-10-6-14-15-7-10/h1-4,6-7H,5H2,(H2,13,18)(H,14,15)(H,16,17). The summed E-state index contributed by atoms with van der Waals surface area (Å²) in [7, 11) is 0. The molecule has 0 radical (unpaired) electrons. The minimum atomic E-state index is -0.0977. The van der Waals surface area contributed by atoms with Gasteiger partial charge in [0.15, 0.2) is 0 Å². The van der Waals surface area contributed by atoms with Crippen LogP contribution in [0, 0.1) is 0 Å². The maximum Gasteiger partial charge on any atom is 0.228 e. The maximum atomic E-state index is 11.7. The topological polar surface area (TPSA) is 83.8 Å². The van der Waals surface area contributed by atoms with Gasteiger partial charge in [-0.25, -0.2) is 0 Å². The zero-order chi connectivity index (χ0) is 13.0. The molecule has 0 atom stereocenters. The lowest BCUT2D eigenvalue weighted by molar-refractivity contribution is -0.115. The molecule has 1 amide bonds. The summed E-state index contributed by atoms with van der Waals surface area (Å²) in [5, 5.41) is 9.10. The summed E-state index contributed by atoms with van der Waals surface area (Å²) in [6.45, 7) is 0. The second-order valence-corrected chi connectivity index (χ2v) is 4.21. The number of carbonyl (C=O) groups is 1. The normalized spacial score (nSPS) is 10.0. The first kappa shape index (κ1) is 12.3. The van der Waals surface area contributed by atoms with Gasteiger partial charge < -0.3 is 11.1 Å². The van der Waals surface area contributed by atoms with Crippen molar-refractivity contribution < 1.29 is 4.79 Å². The van der Waals surface area contributed by atoms with Crippen LogP contribution in [0.15, 0.2) is 36.7 Å². The van der Waals surface area contributed by atoms with Crippen LogP contribution in [0.5, 0.6) is 0 Å². The van der Waals surface area contributed by atoms with E-state index in [1.54, 1.807) is 12.4 Å². The summed E-state index contributed by atoms with van der Waals surface area (Å²) in [5.74, 6) is -0.0977. The van der Waals surface area contributed by atoms with Gasteiger partial charge in [0.2, 0.25) is 5.91 Å². The Kier molecular flexibility index (Phi) is 3.69. The fourth-order valence-corrected chi connectivity index (χ4v) is 1.63. The summed E-state index contributed by atoms with van der Waals surface area (Å²) in [6, 6.07) is 7.29. The highest BCUT2D eigenvalue weighted by Gasteiger charge is 2.05. The predicted molar refractivity (Wildman–Crippen MR) is 73.3 cm³/mol. The first-order chi connectivity index (χ1) is 8.65. The molecule has 0 saturated heterocycles. The van der Waals surface area contributed by atoms with Crippen LogP contribution in [0.3, 0.4) is 0 Å². The molecular weight excluding hydrogens is 248 g/mol. The van der Waals surface area contributed by atoms with Crippen LogP contribution >= 0.6 is 12.2 Å². The smallest absolute Gasteiger partial charge is 0.228 e. The number of H-pyrrole nitrogens is 1. The number of thiocarbonyl (C=S) groups is 1. The van der Waals surface area contributed by atoms with E-state index in [1.165, 1.54) is 0 Å². The number of anilines is 1. The van der Waals surface area contributed by atoms with Gasteiger partial charge in [-0.3, -0.25) is 9.89 Å². The average Bonchev–Trinajstić information content (AvgIpc) is 2.82. The van der Waals surface area contributed by atoms with Crippen LogP contribution in [0.4, 0.5) is 5.69 Å². The van der Waals surface area contributed by atoms with Gasteiger partial charge in [-0.2, -0.15) is 5.10 Å². The van der Waals surface area contributed by atoms with Gasteiger partial charge in [-0.05, 0) is 5.56 Å². The van der Waals surface area contributed by atoms with Crippen LogP contribution in [-0.4, -0.2) is 21.1 Å². The first-order valence-electron chi connectivity index (χ1n) is 5.32. The Morgan fingerprint density at radius 3 is 2.67 bits per heavy atom. The lowest BCUT2D eigenvalue weighted by atomic mass is 10.1. The summed E-state index contributed by atoms with van der Waals surface area (Å²) in [6.07, 6.45) is 3.46. The number of aromatic amines is 1. The molecule has 2 aromatic rings. The molecule has 18 heavy (non-hydrogen) atoms. The molecule has 5 nitrogen and oxygen atoms in total. The predicted octanol–water partition coefficient (Wildman–Crippen LogP) is 1.23. The third-order valence-corrected chi connectivity index (χ3v) is 2.62. The van der Waals surface area contributed by atoms with Crippen molar-refractivity contribution in [3.63, 3.8) is 0 Å². The van der Waals surface area contributed by atoms with E-state index < -0.39 is 0 Å². The van der Waals surface area contributed by atoms with Crippen molar-refractivity contribution in [3.8, 4) is 0 Å². The molecule has 1 heterocycles. The van der Waals surface area contributed by atoms with Crippen molar-refractivity contribution in [3.05, 3.63) is 47.8 Å². The van der Waals surface area contributed by atoms with Crippen molar-refractivity contribution >= 4 is 28.8 Å². The molecule has 0 unspecified atom stereocenters. The number of hydrogen-bond donors (Lipinski definition) is 3. The second kappa shape index (κ2) is 5.42. The molecule has 0 aliphatic rings. The molecule has 1 aromatic carbocycles. The van der Waals surface area contributed by atoms with Gasteiger partial charge >= 0.3 is 0 Å². The summed E-state index contributed by atoms with van der Waals surface area (Å²) >= 11 is 4.86. The zero-order valence-electron chi connectivity index (χ0n) is 9.51. The van der Waals surface area contributed by atoms with Crippen LogP contribution in [0.2, 0.25) is 0 Å². The second-order valence-electron chi connectivity index (χ2n) is 3.77. The molecule has 0 spiro atoms. The number of nitrogens with zero attached hydrogens (tertiary/aromatic N) is 1. The van der Waals surface area contributed by atoms with Gasteiger partial charge in [0.25, 0.3) is 0 Å². The number of nitrogens with two attached hydrogens (primary N) is 1. The molecule has 1 aromatic heterocycles. The SMILES string of the molecule is NC(=S)c1ccc(CC(=O)Nc2cn[nH]c2)cc1. The summed E-state index contributed by atoms with van der Waals surface area (Å²) < 4.78 is 0. The van der Waals surface area contributed by atoms with E-state index in [0.29, 0.717) is 17.1 Å². The van der Waals surface area contributed by atoms with Crippen molar-refractivity contribution in [2.45, 2.75) is 6.42 Å². The van der Waals surface area contributed by atoms with Crippen LogP contribution < -0.4 is 11.1 Å². The van der Waals surface area contributed by atoms with E-state index in [1.807, 2.05) is 24.3 Å². The van der Waals surface area contributed by atoms with Gasteiger partial charge in [0.05, 0.1) is 18.3 Å². The van der Waals surface area contributed by atoms with Crippen molar-refractivity contribution in [2.24, 2.45) is 5.73 Å². The molecule has 92 valence electrons. The monoisotopic (exact) mass is 260 g/mol. The maximum absolute atomic E-state index is 11.7. The minimum Gasteiger partial charge on any atom is -0.389 e. The molecule has 6 heteroatoms. The molecule has 0 aliphatic carbocycles. The lowest BCUT2D eigenvalue weighted by Crippen LogP contribution is -2.14. The molecular formula is C12H12N4OS. The molecule has 0 bridgehead atoms. The number of carbonyl (C=O) groups excluding carboxylic acids is 1. The number of aromatic nitrogens is 2. The molecule has 0 fully saturated rings. The largest absolute Gasteiger partial charge is 0.389 e.